The van der Waals surface area contributed by atoms with Crippen LogP contribution in [0.3, 0.4) is 0 Å². The van der Waals surface area contributed by atoms with Crippen LogP contribution in [0.5, 0.6) is 11.5 Å². The molecule has 0 saturated heterocycles. The van der Waals surface area contributed by atoms with Gasteiger partial charge in [-0.05, 0) is 24.6 Å². The average molecular weight is 275 g/mol. The van der Waals surface area contributed by atoms with Crippen LogP contribution in [0.25, 0.3) is 0 Å². The first-order valence-corrected chi connectivity index (χ1v) is 6.62. The van der Waals surface area contributed by atoms with Gasteiger partial charge in [0.2, 0.25) is 0 Å². The van der Waals surface area contributed by atoms with E-state index in [0.717, 1.165) is 36.6 Å². The average Bonchev–Trinajstić information content (AvgIpc) is 2.88. The molecule has 20 heavy (non-hydrogen) atoms. The number of rotatable bonds is 7. The predicted molar refractivity (Wildman–Crippen MR) is 78.2 cm³/mol. The molecule has 5 heteroatoms. The molecule has 0 spiro atoms. The number of ether oxygens (including phenoxy) is 2. The second-order valence-electron chi connectivity index (χ2n) is 4.60. The van der Waals surface area contributed by atoms with E-state index in [1.807, 2.05) is 42.3 Å². The Morgan fingerprint density at radius 1 is 1.25 bits per heavy atom. The molecule has 0 fully saturated rings. The number of aryl methyl sites for hydroxylation is 1. The molecule has 0 saturated carbocycles. The van der Waals surface area contributed by atoms with Crippen LogP contribution in [-0.2, 0) is 20.0 Å². The van der Waals surface area contributed by atoms with Crippen molar-refractivity contribution in [2.24, 2.45) is 7.05 Å². The molecular weight excluding hydrogens is 254 g/mol. The second-order valence-corrected chi connectivity index (χ2v) is 4.60. The molecule has 0 amide bonds. The fraction of sp³-hybridized carbons (Fsp3) is 0.400. The highest BCUT2D eigenvalue weighted by Crippen LogP contribution is 2.30. The number of hydrogen-bond donors (Lipinski definition) is 1. The Morgan fingerprint density at radius 3 is 2.75 bits per heavy atom. The minimum absolute atomic E-state index is 0.751. The van der Waals surface area contributed by atoms with Gasteiger partial charge in [-0.15, -0.1) is 0 Å². The Hall–Kier alpha value is -2.01. The highest BCUT2D eigenvalue weighted by atomic mass is 16.5. The zero-order valence-corrected chi connectivity index (χ0v) is 12.2. The SMILES string of the molecule is COc1cccc(CNCCc2cnn(C)c2)c1OC. The maximum atomic E-state index is 5.41. The van der Waals surface area contributed by atoms with Gasteiger partial charge in [0.1, 0.15) is 0 Å². The van der Waals surface area contributed by atoms with Gasteiger partial charge in [-0.25, -0.2) is 0 Å². The van der Waals surface area contributed by atoms with Crippen LogP contribution in [0.1, 0.15) is 11.1 Å². The Balaban J connectivity index is 1.87. The van der Waals surface area contributed by atoms with Crippen molar-refractivity contribution in [3.05, 3.63) is 41.7 Å². The summed E-state index contributed by atoms with van der Waals surface area (Å²) < 4.78 is 12.5. The van der Waals surface area contributed by atoms with Gasteiger partial charge in [-0.3, -0.25) is 4.68 Å². The minimum atomic E-state index is 0.751. The van der Waals surface area contributed by atoms with Crippen LogP contribution in [0.2, 0.25) is 0 Å². The highest BCUT2D eigenvalue weighted by Gasteiger charge is 2.08. The number of hydrogen-bond acceptors (Lipinski definition) is 4. The van der Waals surface area contributed by atoms with Crippen molar-refractivity contribution in [1.29, 1.82) is 0 Å². The number of nitrogens with one attached hydrogen (secondary N) is 1. The zero-order valence-electron chi connectivity index (χ0n) is 12.2. The van der Waals surface area contributed by atoms with E-state index >= 15 is 0 Å². The predicted octanol–water partition coefficient (Wildman–Crippen LogP) is 1.77. The van der Waals surface area contributed by atoms with E-state index in [1.165, 1.54) is 5.56 Å². The summed E-state index contributed by atoms with van der Waals surface area (Å²) >= 11 is 0. The normalized spacial score (nSPS) is 10.6. The third-order valence-corrected chi connectivity index (χ3v) is 3.15. The van der Waals surface area contributed by atoms with Crippen LogP contribution in [-0.4, -0.2) is 30.5 Å². The molecule has 2 rings (SSSR count). The summed E-state index contributed by atoms with van der Waals surface area (Å²) in [5.41, 5.74) is 2.33. The van der Waals surface area contributed by atoms with Crippen LogP contribution in [0, 0.1) is 0 Å². The van der Waals surface area contributed by atoms with Crippen LogP contribution >= 0.6 is 0 Å². The van der Waals surface area contributed by atoms with Crippen molar-refractivity contribution in [3.8, 4) is 11.5 Å². The summed E-state index contributed by atoms with van der Waals surface area (Å²) in [7, 11) is 5.24. The maximum absolute atomic E-state index is 5.41. The van der Waals surface area contributed by atoms with Crippen LogP contribution in [0.15, 0.2) is 30.6 Å². The van der Waals surface area contributed by atoms with Gasteiger partial charge in [0, 0.05) is 25.4 Å². The molecule has 2 aromatic rings. The van der Waals surface area contributed by atoms with Crippen LogP contribution in [0.4, 0.5) is 0 Å². The maximum Gasteiger partial charge on any atom is 0.165 e. The van der Waals surface area contributed by atoms with Gasteiger partial charge >= 0.3 is 0 Å². The molecule has 0 radical (unpaired) electrons. The third-order valence-electron chi connectivity index (χ3n) is 3.15. The molecule has 0 aliphatic carbocycles. The summed E-state index contributed by atoms with van der Waals surface area (Å²) in [6.45, 7) is 1.65. The van der Waals surface area contributed by atoms with Gasteiger partial charge in [-0.1, -0.05) is 12.1 Å². The highest BCUT2D eigenvalue weighted by molar-refractivity contribution is 5.46. The smallest absolute Gasteiger partial charge is 0.165 e. The topological polar surface area (TPSA) is 48.3 Å². The summed E-state index contributed by atoms with van der Waals surface area (Å²) in [6, 6.07) is 5.91. The Bertz CT molecular complexity index is 552. The number of para-hydroxylation sites is 1. The molecule has 0 bridgehead atoms. The monoisotopic (exact) mass is 275 g/mol. The van der Waals surface area contributed by atoms with Gasteiger partial charge in [0.25, 0.3) is 0 Å². The van der Waals surface area contributed by atoms with E-state index in [1.54, 1.807) is 14.2 Å². The van der Waals surface area contributed by atoms with Crippen LogP contribution < -0.4 is 14.8 Å². The molecule has 108 valence electrons. The third kappa shape index (κ3) is 3.51. The molecule has 0 aliphatic heterocycles. The van der Waals surface area contributed by atoms with Gasteiger partial charge < -0.3 is 14.8 Å². The Kier molecular flexibility index (Phi) is 5.01. The molecule has 1 aromatic carbocycles. The van der Waals surface area contributed by atoms with E-state index in [2.05, 4.69) is 10.4 Å². The lowest BCUT2D eigenvalue weighted by atomic mass is 10.1. The lowest BCUT2D eigenvalue weighted by Gasteiger charge is -2.12. The standard InChI is InChI=1S/C15H21N3O2/c1-18-11-12(9-17-18)7-8-16-10-13-5-4-6-14(19-2)15(13)20-3/h4-6,9,11,16H,7-8,10H2,1-3H3. The van der Waals surface area contributed by atoms with Gasteiger partial charge in [0.15, 0.2) is 11.5 Å². The quantitative estimate of drug-likeness (QED) is 0.782. The fourth-order valence-corrected chi connectivity index (χ4v) is 2.15. The Labute approximate surface area is 119 Å². The second kappa shape index (κ2) is 6.96. The van der Waals surface area contributed by atoms with Crippen molar-refractivity contribution in [1.82, 2.24) is 15.1 Å². The summed E-state index contributed by atoms with van der Waals surface area (Å²) in [4.78, 5) is 0. The van der Waals surface area contributed by atoms with Crippen molar-refractivity contribution in [2.45, 2.75) is 13.0 Å². The number of nitrogens with zero attached hydrogens (tertiary/aromatic N) is 2. The van der Waals surface area contributed by atoms with Crippen molar-refractivity contribution < 1.29 is 9.47 Å². The first-order chi connectivity index (χ1) is 9.74. The summed E-state index contributed by atoms with van der Waals surface area (Å²) in [5, 5.41) is 7.57. The van der Waals surface area contributed by atoms with Crippen molar-refractivity contribution in [2.75, 3.05) is 20.8 Å². The molecule has 0 unspecified atom stereocenters. The van der Waals surface area contributed by atoms with Gasteiger partial charge in [0.05, 0.1) is 20.4 Å². The molecule has 1 N–H and O–H groups in total. The van der Waals surface area contributed by atoms with E-state index < -0.39 is 0 Å². The van der Waals surface area contributed by atoms with Crippen molar-refractivity contribution in [3.63, 3.8) is 0 Å². The Morgan fingerprint density at radius 2 is 2.10 bits per heavy atom. The molecule has 0 atom stereocenters. The lowest BCUT2D eigenvalue weighted by molar-refractivity contribution is 0.350. The summed E-state index contributed by atoms with van der Waals surface area (Å²) in [5.74, 6) is 1.56. The minimum Gasteiger partial charge on any atom is -0.493 e. The molecule has 0 aliphatic rings. The fourth-order valence-electron chi connectivity index (χ4n) is 2.15. The molecule has 1 heterocycles. The van der Waals surface area contributed by atoms with E-state index in [9.17, 15) is 0 Å². The molecule has 5 nitrogen and oxygen atoms in total. The van der Waals surface area contributed by atoms with Gasteiger partial charge in [-0.2, -0.15) is 5.10 Å². The number of benzene rings is 1. The van der Waals surface area contributed by atoms with E-state index in [0.29, 0.717) is 0 Å². The number of methoxy groups -OCH3 is 2. The largest absolute Gasteiger partial charge is 0.493 e. The zero-order chi connectivity index (χ0) is 14.4. The lowest BCUT2D eigenvalue weighted by Crippen LogP contribution is -2.17. The van der Waals surface area contributed by atoms with E-state index in [4.69, 9.17) is 9.47 Å². The first-order valence-electron chi connectivity index (χ1n) is 6.62. The summed E-state index contributed by atoms with van der Waals surface area (Å²) in [6.07, 6.45) is 4.89. The molecule has 1 aromatic heterocycles. The first kappa shape index (κ1) is 14.4. The van der Waals surface area contributed by atoms with E-state index in [-0.39, 0.29) is 0 Å². The molecular formula is C15H21N3O2. The van der Waals surface area contributed by atoms with Crippen molar-refractivity contribution >= 4 is 0 Å². The number of aromatic nitrogens is 2.